The summed E-state index contributed by atoms with van der Waals surface area (Å²) in [6, 6.07) is 30.7. The van der Waals surface area contributed by atoms with Crippen LogP contribution in [0, 0.1) is 0 Å². The fourth-order valence-electron chi connectivity index (χ4n) is 11.4. The van der Waals surface area contributed by atoms with E-state index in [9.17, 15) is 45.0 Å². The summed E-state index contributed by atoms with van der Waals surface area (Å²) in [5.74, 6) is 0.734. The summed E-state index contributed by atoms with van der Waals surface area (Å²) >= 11 is 7.61. The molecule has 0 aromatic heterocycles. The van der Waals surface area contributed by atoms with Crippen LogP contribution in [0.3, 0.4) is 0 Å². The topological polar surface area (TPSA) is 218 Å². The molecule has 4 aromatic rings. The van der Waals surface area contributed by atoms with E-state index in [1.165, 1.54) is 88.0 Å². The van der Waals surface area contributed by atoms with Crippen LogP contribution in [0.5, 0.6) is 0 Å². The van der Waals surface area contributed by atoms with Gasteiger partial charge in [-0.2, -0.15) is 0 Å². The molecule has 10 atom stereocenters. The third-order valence-corrected chi connectivity index (χ3v) is 16.9. The zero-order chi connectivity index (χ0) is 54.6. The van der Waals surface area contributed by atoms with Gasteiger partial charge in [-0.1, -0.05) is 157 Å². The maximum atomic E-state index is 13.2. The number of benzene rings is 4. The molecule has 3 saturated carbocycles. The molecule has 15 heteroatoms. The van der Waals surface area contributed by atoms with Crippen molar-refractivity contribution in [1.29, 1.82) is 0 Å². The maximum Gasteiger partial charge on any atom is 0.251 e. The molecule has 1 heterocycles. The minimum absolute atomic E-state index is 0. The van der Waals surface area contributed by atoms with Crippen LogP contribution in [-0.4, -0.2) is 121 Å². The van der Waals surface area contributed by atoms with Gasteiger partial charge in [0.2, 0.25) is 0 Å². The lowest BCUT2D eigenvalue weighted by molar-refractivity contribution is -0.204. The van der Waals surface area contributed by atoms with Crippen molar-refractivity contribution in [3.05, 3.63) is 142 Å². The summed E-state index contributed by atoms with van der Waals surface area (Å²) in [6.45, 7) is 3.34. The van der Waals surface area contributed by atoms with Gasteiger partial charge >= 0.3 is 0 Å². The van der Waals surface area contributed by atoms with Gasteiger partial charge in [0.05, 0.1) is 36.7 Å². The molecule has 4 aliphatic rings. The minimum Gasteiger partial charge on any atom is -0.394 e. The van der Waals surface area contributed by atoms with Crippen molar-refractivity contribution in [2.45, 2.75) is 201 Å². The summed E-state index contributed by atoms with van der Waals surface area (Å²) in [5.41, 5.74) is 5.29. The Labute approximate surface area is 467 Å². The van der Waals surface area contributed by atoms with Crippen LogP contribution in [0.15, 0.2) is 103 Å². The molecule has 0 radical (unpaired) electrons. The van der Waals surface area contributed by atoms with Crippen molar-refractivity contribution in [3.8, 4) is 0 Å². The van der Waals surface area contributed by atoms with Crippen molar-refractivity contribution in [1.82, 2.24) is 16.0 Å². The number of rotatable bonds is 17. The highest BCUT2D eigenvalue weighted by molar-refractivity contribution is 7.99. The second kappa shape index (κ2) is 32.7. The van der Waals surface area contributed by atoms with Crippen molar-refractivity contribution in [2.24, 2.45) is 0 Å². The smallest absolute Gasteiger partial charge is 0.251 e. The van der Waals surface area contributed by atoms with E-state index >= 15 is 0 Å². The molecule has 1 saturated heterocycles. The molecule has 424 valence electrons. The number of ether oxygens (including phenoxy) is 1. The number of amides is 3. The quantitative estimate of drug-likeness (QED) is 0.0453. The molecule has 3 amide bonds. The summed E-state index contributed by atoms with van der Waals surface area (Å²) in [4.78, 5) is 38.5. The maximum absolute atomic E-state index is 13.2. The largest absolute Gasteiger partial charge is 0.394 e. The fourth-order valence-corrected chi connectivity index (χ4v) is 12.3. The third kappa shape index (κ3) is 17.6. The SMILES string of the molecule is C.CCC(CO)NC(=O)c1ccccc1C1CCCCC1.CS[C@H]1OC([C@@H](NC(=O)c2ccccc2C2CCCCC2)[C@H](C)Cl)[C@H](O)[C@H](O)[C@H]1O.O=C(NC(CO)[C@@H](O)c1ccccc1)c1ccccc1C1CCCCC1. The van der Waals surface area contributed by atoms with E-state index < -0.39 is 53.4 Å². The van der Waals surface area contributed by atoms with Gasteiger partial charge in [0.1, 0.15) is 36.0 Å². The zero-order valence-electron chi connectivity index (χ0n) is 44.7. The lowest BCUT2D eigenvalue weighted by atomic mass is 9.82. The van der Waals surface area contributed by atoms with Crippen LogP contribution < -0.4 is 16.0 Å². The van der Waals surface area contributed by atoms with Crippen LogP contribution >= 0.6 is 23.4 Å². The molecule has 77 heavy (non-hydrogen) atoms. The molecule has 8 rings (SSSR count). The summed E-state index contributed by atoms with van der Waals surface area (Å²) < 4.78 is 5.84. The first-order valence-corrected chi connectivity index (χ1v) is 29.5. The predicted molar refractivity (Wildman–Crippen MR) is 309 cm³/mol. The predicted octanol–water partition coefficient (Wildman–Crippen LogP) is 10.1. The number of aliphatic hydroxyl groups excluding tert-OH is 6. The lowest BCUT2D eigenvalue weighted by Crippen LogP contribution is -2.64. The first kappa shape index (κ1) is 63.5. The van der Waals surface area contributed by atoms with Crippen LogP contribution in [0.4, 0.5) is 0 Å². The molecular weight excluding hydrogens is 1010 g/mol. The minimum atomic E-state index is -1.38. The first-order chi connectivity index (χ1) is 36.8. The molecular formula is C62H88ClN3O10S. The van der Waals surface area contributed by atoms with Gasteiger partial charge in [-0.25, -0.2) is 0 Å². The fraction of sp³-hybridized carbons (Fsp3) is 0.565. The van der Waals surface area contributed by atoms with Gasteiger partial charge in [-0.3, -0.25) is 14.4 Å². The highest BCUT2D eigenvalue weighted by Crippen LogP contribution is 2.38. The molecule has 1 aliphatic heterocycles. The van der Waals surface area contributed by atoms with Crippen LogP contribution in [-0.2, 0) is 4.74 Å². The van der Waals surface area contributed by atoms with Gasteiger partial charge in [0, 0.05) is 16.7 Å². The number of halogens is 1. The molecule has 13 nitrogen and oxygen atoms in total. The average molecular weight is 1100 g/mol. The van der Waals surface area contributed by atoms with E-state index in [4.69, 9.17) is 16.3 Å². The highest BCUT2D eigenvalue weighted by Gasteiger charge is 2.48. The van der Waals surface area contributed by atoms with Gasteiger partial charge < -0.3 is 51.3 Å². The van der Waals surface area contributed by atoms with E-state index in [0.717, 1.165) is 48.8 Å². The first-order valence-electron chi connectivity index (χ1n) is 27.8. The van der Waals surface area contributed by atoms with E-state index in [-0.39, 0.29) is 44.4 Å². The second-order valence-electron chi connectivity index (χ2n) is 21.0. The number of carbonyl (C=O) groups excluding carboxylic acids is 3. The average Bonchev–Trinajstić information content (AvgIpc) is 3.48. The second-order valence-corrected chi connectivity index (χ2v) is 22.6. The van der Waals surface area contributed by atoms with Crippen LogP contribution in [0.1, 0.15) is 201 Å². The normalized spacial score (nSPS) is 23.1. The summed E-state index contributed by atoms with van der Waals surface area (Å²) in [7, 11) is 0. The Hall–Kier alpha value is -4.35. The molecule has 0 bridgehead atoms. The third-order valence-electron chi connectivity index (χ3n) is 15.8. The van der Waals surface area contributed by atoms with E-state index in [1.54, 1.807) is 25.3 Å². The number of hydrogen-bond acceptors (Lipinski definition) is 11. The monoisotopic (exact) mass is 1100 g/mol. The Kier molecular flexibility index (Phi) is 26.9. The van der Waals surface area contributed by atoms with Gasteiger partial charge in [0.15, 0.2) is 0 Å². The lowest BCUT2D eigenvalue weighted by Gasteiger charge is -2.43. The van der Waals surface area contributed by atoms with E-state index in [2.05, 4.69) is 22.0 Å². The number of thioether (sulfide) groups is 1. The Morgan fingerprint density at radius 1 is 0.584 bits per heavy atom. The molecule has 4 aromatic carbocycles. The van der Waals surface area contributed by atoms with Crippen molar-refractivity contribution >= 4 is 41.1 Å². The molecule has 9 N–H and O–H groups in total. The van der Waals surface area contributed by atoms with Gasteiger partial charge in [-0.15, -0.1) is 23.4 Å². The molecule has 3 aliphatic carbocycles. The van der Waals surface area contributed by atoms with Gasteiger partial charge in [-0.05, 0) is 116 Å². The number of nitrogens with one attached hydrogen (secondary N) is 3. The van der Waals surface area contributed by atoms with Crippen molar-refractivity contribution in [3.63, 3.8) is 0 Å². The number of alkyl halides is 1. The summed E-state index contributed by atoms with van der Waals surface area (Å²) in [6.07, 6.45) is 14.4. The number of carbonyl (C=O) groups is 3. The molecule has 3 unspecified atom stereocenters. The molecule has 0 spiro atoms. The zero-order valence-corrected chi connectivity index (χ0v) is 46.2. The summed E-state index contributed by atoms with van der Waals surface area (Å²) in [5, 5.41) is 68.5. The Balaban J connectivity index is 0.000000216. The Morgan fingerprint density at radius 3 is 1.38 bits per heavy atom. The Morgan fingerprint density at radius 2 is 0.987 bits per heavy atom. The van der Waals surface area contributed by atoms with Gasteiger partial charge in [0.25, 0.3) is 17.7 Å². The van der Waals surface area contributed by atoms with Crippen molar-refractivity contribution < 1.29 is 49.8 Å². The van der Waals surface area contributed by atoms with Crippen LogP contribution in [0.25, 0.3) is 0 Å². The number of aliphatic hydroxyl groups is 6. The van der Waals surface area contributed by atoms with Crippen molar-refractivity contribution in [2.75, 3.05) is 19.5 Å². The van der Waals surface area contributed by atoms with E-state index in [0.29, 0.717) is 34.4 Å². The van der Waals surface area contributed by atoms with E-state index in [1.807, 2.05) is 91.9 Å². The standard InChI is InChI=1S/C22H32ClNO5S.C22H27NO3.C17H25NO2.CH4/c1-12(23)16(20-18(26)17(25)19(27)22(29-20)30-2)24-21(28)15-11-7-6-10-14(15)13-8-4-3-5-9-13;24-15-20(21(25)17-11-5-2-6-12-17)23-22(26)19-14-8-7-13-18(19)16-9-3-1-4-10-16;1-2-14(12-19)18-17(20)16-11-7-6-10-15(16)13-8-4-3-5-9-13;/h6-7,10-13,16-20,22,25-27H,3-5,8-9H2,1-2H3,(H,24,28);2,5-8,11-14,16,20-21,24-25H,1,3-4,9-10,15H2,(H,23,26);6-7,10-11,13-14,19H,2-5,8-9,12H2,1H3,(H,18,20);1H4/t12-,16-,17-,18+,19+,20?,22+;20?,21-;;/m00../s1. The van der Waals surface area contributed by atoms with Crippen LogP contribution in [0.2, 0.25) is 0 Å². The highest BCUT2D eigenvalue weighted by atomic mass is 35.5. The Bertz CT molecular complexity index is 2370. The molecule has 4 fully saturated rings. The number of hydrogen-bond donors (Lipinski definition) is 9.